The molecule has 8 aliphatic rings. The maximum Gasteiger partial charge on any atom is 0.153 e. The Labute approximate surface area is 174 Å². The third kappa shape index (κ3) is 2.38. The van der Waals surface area contributed by atoms with Gasteiger partial charge in [-0.1, -0.05) is 6.07 Å². The molecule has 8 saturated carbocycles. The molecule has 0 aromatic heterocycles. The van der Waals surface area contributed by atoms with E-state index in [9.17, 15) is 9.90 Å². The third-order valence-corrected chi connectivity index (χ3v) is 10.5. The second-order valence-electron chi connectivity index (χ2n) is 12.5. The summed E-state index contributed by atoms with van der Waals surface area (Å²) < 4.78 is 0. The van der Waals surface area contributed by atoms with Gasteiger partial charge in [0, 0.05) is 5.56 Å². The lowest BCUT2D eigenvalue weighted by atomic mass is 9.46. The standard InChI is InChI=1S/C27H34O2/c28-15-22-7-23(26-9-16-1-17(10-26)3-18(2-16)11-26)8-24(25(22)29)27-12-19-4-20(13-27)6-21(5-19)14-27/h7-8,15-21,29H,1-6,9-14H2. The van der Waals surface area contributed by atoms with Crippen LogP contribution in [0.15, 0.2) is 12.1 Å². The van der Waals surface area contributed by atoms with E-state index in [0.29, 0.717) is 11.3 Å². The van der Waals surface area contributed by atoms with E-state index in [1.54, 1.807) is 0 Å². The number of phenols is 1. The number of aldehydes is 1. The first-order chi connectivity index (χ1) is 14.0. The van der Waals surface area contributed by atoms with Crippen molar-refractivity contribution in [1.29, 1.82) is 0 Å². The molecule has 0 spiro atoms. The molecule has 8 bridgehead atoms. The summed E-state index contributed by atoms with van der Waals surface area (Å²) in [6.45, 7) is 0. The normalized spacial score (nSPS) is 49.0. The van der Waals surface area contributed by atoms with E-state index in [2.05, 4.69) is 12.1 Å². The lowest BCUT2D eigenvalue weighted by Crippen LogP contribution is -2.50. The first-order valence-electron chi connectivity index (χ1n) is 12.4. The minimum atomic E-state index is 0.148. The van der Waals surface area contributed by atoms with Crippen molar-refractivity contribution in [2.24, 2.45) is 35.5 Å². The van der Waals surface area contributed by atoms with E-state index in [-0.39, 0.29) is 10.8 Å². The summed E-state index contributed by atoms with van der Waals surface area (Å²) in [7, 11) is 0. The monoisotopic (exact) mass is 390 g/mol. The van der Waals surface area contributed by atoms with Gasteiger partial charge in [-0.05, 0) is 135 Å². The maximum atomic E-state index is 12.0. The van der Waals surface area contributed by atoms with Crippen molar-refractivity contribution in [1.82, 2.24) is 0 Å². The molecule has 0 saturated heterocycles. The summed E-state index contributed by atoms with van der Waals surface area (Å²) in [4.78, 5) is 12.0. The van der Waals surface area contributed by atoms with Gasteiger partial charge in [-0.2, -0.15) is 0 Å². The van der Waals surface area contributed by atoms with Gasteiger partial charge in [0.05, 0.1) is 5.56 Å². The summed E-state index contributed by atoms with van der Waals surface area (Å²) in [6.07, 6.45) is 17.2. The Morgan fingerprint density at radius 1 is 0.690 bits per heavy atom. The van der Waals surface area contributed by atoms with Gasteiger partial charge in [0.2, 0.25) is 0 Å². The lowest BCUT2D eigenvalue weighted by Gasteiger charge is -2.58. The van der Waals surface area contributed by atoms with Crippen molar-refractivity contribution in [2.45, 2.75) is 87.9 Å². The summed E-state index contributed by atoms with van der Waals surface area (Å²) in [5, 5.41) is 11.2. The Hall–Kier alpha value is -1.31. The zero-order chi connectivity index (χ0) is 19.4. The molecule has 8 fully saturated rings. The topological polar surface area (TPSA) is 37.3 Å². The minimum absolute atomic E-state index is 0.148. The number of carbonyl (C=O) groups excluding carboxylic acids is 1. The number of hydrogen-bond acceptors (Lipinski definition) is 2. The van der Waals surface area contributed by atoms with Crippen LogP contribution in [0.2, 0.25) is 0 Å². The SMILES string of the molecule is O=Cc1cc(C23CC4CC(CC(C4)C2)C3)cc(C23CC4CC(CC(C4)C2)C3)c1O. The zero-order valence-electron chi connectivity index (χ0n) is 17.5. The molecule has 29 heavy (non-hydrogen) atoms. The van der Waals surface area contributed by atoms with Gasteiger partial charge >= 0.3 is 0 Å². The van der Waals surface area contributed by atoms with Crippen molar-refractivity contribution >= 4 is 6.29 Å². The molecule has 2 nitrogen and oxygen atoms in total. The van der Waals surface area contributed by atoms with E-state index in [1.807, 2.05) is 0 Å². The molecule has 0 atom stereocenters. The molecule has 2 heteroatoms. The smallest absolute Gasteiger partial charge is 0.153 e. The van der Waals surface area contributed by atoms with Crippen molar-refractivity contribution < 1.29 is 9.90 Å². The van der Waals surface area contributed by atoms with Gasteiger partial charge in [-0.25, -0.2) is 0 Å². The number of rotatable bonds is 3. The van der Waals surface area contributed by atoms with Crippen LogP contribution in [0.5, 0.6) is 5.75 Å². The van der Waals surface area contributed by atoms with Crippen molar-refractivity contribution in [3.8, 4) is 5.75 Å². The van der Waals surface area contributed by atoms with Crippen LogP contribution in [0.1, 0.15) is 98.5 Å². The second-order valence-corrected chi connectivity index (χ2v) is 12.5. The molecule has 1 N–H and O–H groups in total. The highest BCUT2D eigenvalue weighted by atomic mass is 16.3. The molecule has 0 amide bonds. The van der Waals surface area contributed by atoms with Crippen LogP contribution in [0.4, 0.5) is 0 Å². The van der Waals surface area contributed by atoms with Gasteiger partial charge in [0.1, 0.15) is 5.75 Å². The van der Waals surface area contributed by atoms with Gasteiger partial charge in [0.15, 0.2) is 6.29 Å². The predicted octanol–water partition coefficient (Wildman–Crippen LogP) is 6.14. The van der Waals surface area contributed by atoms with E-state index in [0.717, 1.165) is 41.8 Å². The molecular weight excluding hydrogens is 356 g/mol. The average Bonchev–Trinajstić information content (AvgIpc) is 2.66. The predicted molar refractivity (Wildman–Crippen MR) is 113 cm³/mol. The highest BCUT2D eigenvalue weighted by Gasteiger charge is 2.55. The van der Waals surface area contributed by atoms with Crippen LogP contribution in [0.25, 0.3) is 0 Å². The minimum Gasteiger partial charge on any atom is -0.507 e. The first kappa shape index (κ1) is 17.4. The molecule has 8 aliphatic carbocycles. The molecule has 9 rings (SSSR count). The van der Waals surface area contributed by atoms with Gasteiger partial charge in [-0.15, -0.1) is 0 Å². The number of phenolic OH excluding ortho intramolecular Hbond substituents is 1. The lowest BCUT2D eigenvalue weighted by molar-refractivity contribution is -0.00901. The zero-order valence-corrected chi connectivity index (χ0v) is 17.5. The Balaban J connectivity index is 1.37. The van der Waals surface area contributed by atoms with E-state index >= 15 is 0 Å². The highest BCUT2D eigenvalue weighted by molar-refractivity contribution is 5.81. The Morgan fingerprint density at radius 3 is 1.52 bits per heavy atom. The van der Waals surface area contributed by atoms with Crippen LogP contribution in [-0.2, 0) is 10.8 Å². The highest BCUT2D eigenvalue weighted by Crippen LogP contribution is 2.64. The second kappa shape index (κ2) is 5.68. The number of benzene rings is 1. The summed E-state index contributed by atoms with van der Waals surface area (Å²) in [6, 6.07) is 4.53. The Morgan fingerprint density at radius 2 is 1.10 bits per heavy atom. The van der Waals surface area contributed by atoms with Crippen LogP contribution in [0.3, 0.4) is 0 Å². The van der Waals surface area contributed by atoms with Crippen LogP contribution in [-0.4, -0.2) is 11.4 Å². The van der Waals surface area contributed by atoms with Gasteiger partial charge in [0.25, 0.3) is 0 Å². The van der Waals surface area contributed by atoms with Crippen molar-refractivity contribution in [2.75, 3.05) is 0 Å². The molecule has 0 unspecified atom stereocenters. The van der Waals surface area contributed by atoms with Crippen LogP contribution >= 0.6 is 0 Å². The number of hydrogen-bond donors (Lipinski definition) is 1. The fourth-order valence-corrected chi connectivity index (χ4v) is 10.4. The summed E-state index contributed by atoms with van der Waals surface area (Å²) >= 11 is 0. The molecule has 1 aromatic carbocycles. The molecule has 0 radical (unpaired) electrons. The summed E-state index contributed by atoms with van der Waals surface area (Å²) in [5.74, 6) is 5.58. The van der Waals surface area contributed by atoms with Gasteiger partial charge in [-0.3, -0.25) is 4.79 Å². The maximum absolute atomic E-state index is 12.0. The molecule has 154 valence electrons. The fourth-order valence-electron chi connectivity index (χ4n) is 10.4. The number of aromatic hydroxyl groups is 1. The van der Waals surface area contributed by atoms with E-state index in [1.165, 1.54) is 88.2 Å². The van der Waals surface area contributed by atoms with Crippen LogP contribution in [0, 0.1) is 35.5 Å². The van der Waals surface area contributed by atoms with Crippen LogP contribution < -0.4 is 0 Å². The number of carbonyl (C=O) groups is 1. The van der Waals surface area contributed by atoms with Gasteiger partial charge < -0.3 is 5.11 Å². The molecular formula is C27H34O2. The largest absolute Gasteiger partial charge is 0.507 e. The van der Waals surface area contributed by atoms with Crippen molar-refractivity contribution in [3.05, 3.63) is 28.8 Å². The first-order valence-corrected chi connectivity index (χ1v) is 12.4. The molecule has 0 heterocycles. The molecule has 1 aromatic rings. The van der Waals surface area contributed by atoms with Crippen molar-refractivity contribution in [3.63, 3.8) is 0 Å². The Bertz CT molecular complexity index is 810. The fraction of sp³-hybridized carbons (Fsp3) is 0.741. The summed E-state index contributed by atoms with van der Waals surface area (Å²) in [5.41, 5.74) is 3.60. The molecule has 0 aliphatic heterocycles. The Kier molecular flexibility index (Phi) is 3.40. The average molecular weight is 391 g/mol. The quantitative estimate of drug-likeness (QED) is 0.629. The van der Waals surface area contributed by atoms with E-state index < -0.39 is 0 Å². The van der Waals surface area contributed by atoms with E-state index in [4.69, 9.17) is 0 Å². The third-order valence-electron chi connectivity index (χ3n) is 10.5.